The van der Waals surface area contributed by atoms with E-state index < -0.39 is 0 Å². The van der Waals surface area contributed by atoms with Crippen molar-refractivity contribution in [2.45, 2.75) is 20.4 Å². The van der Waals surface area contributed by atoms with Crippen molar-refractivity contribution in [1.82, 2.24) is 19.9 Å². The Morgan fingerprint density at radius 2 is 1.85 bits per heavy atom. The van der Waals surface area contributed by atoms with Crippen LogP contribution in [-0.2, 0) is 6.54 Å². The van der Waals surface area contributed by atoms with Gasteiger partial charge in [-0.15, -0.1) is 11.3 Å². The third-order valence-electron chi connectivity index (χ3n) is 3.61. The van der Waals surface area contributed by atoms with Gasteiger partial charge in [0.15, 0.2) is 5.13 Å². The van der Waals surface area contributed by atoms with Gasteiger partial charge in [0.25, 0.3) is 5.91 Å². The van der Waals surface area contributed by atoms with E-state index in [2.05, 4.69) is 25.6 Å². The molecule has 0 unspecified atom stereocenters. The van der Waals surface area contributed by atoms with Gasteiger partial charge in [0.05, 0.1) is 5.69 Å². The summed E-state index contributed by atoms with van der Waals surface area (Å²) in [5, 5.41) is 8.54. The van der Waals surface area contributed by atoms with E-state index in [1.807, 2.05) is 56.4 Å². The fourth-order valence-electron chi connectivity index (χ4n) is 2.58. The van der Waals surface area contributed by atoms with E-state index in [1.54, 1.807) is 12.1 Å². The Morgan fingerprint density at radius 1 is 1.11 bits per heavy atom. The Labute approximate surface area is 162 Å². The maximum Gasteiger partial charge on any atom is 0.257 e. The second-order valence-electron chi connectivity index (χ2n) is 6.52. The van der Waals surface area contributed by atoms with Crippen molar-refractivity contribution in [3.05, 3.63) is 58.4 Å². The molecule has 0 spiro atoms. The highest BCUT2D eigenvalue weighted by molar-refractivity contribution is 7.13. The molecule has 2 N–H and O–H groups in total. The smallest absolute Gasteiger partial charge is 0.257 e. The molecule has 0 radical (unpaired) electrons. The fraction of sp³-hybridized carbons (Fsp3) is 0.263. The summed E-state index contributed by atoms with van der Waals surface area (Å²) in [5.41, 5.74) is 3.99. The molecule has 2 heterocycles. The number of rotatable bonds is 6. The molecule has 0 atom stereocenters. The lowest BCUT2D eigenvalue weighted by Gasteiger charge is -2.08. The summed E-state index contributed by atoms with van der Waals surface area (Å²) in [6.45, 7) is 4.58. The van der Waals surface area contributed by atoms with Gasteiger partial charge in [-0.2, -0.15) is 0 Å². The van der Waals surface area contributed by atoms with Gasteiger partial charge in [0.1, 0.15) is 0 Å². The number of thiazole rings is 1. The lowest BCUT2D eigenvalue weighted by atomic mass is 10.2. The van der Waals surface area contributed by atoms with Crippen LogP contribution < -0.4 is 10.6 Å². The minimum absolute atomic E-state index is 0.203. The van der Waals surface area contributed by atoms with E-state index in [1.165, 1.54) is 11.3 Å². The summed E-state index contributed by atoms with van der Waals surface area (Å²) in [5.74, 6) is 0.309. The highest BCUT2D eigenvalue weighted by atomic mass is 32.1. The first-order valence-corrected chi connectivity index (χ1v) is 9.37. The zero-order chi connectivity index (χ0) is 19.4. The van der Waals surface area contributed by atoms with Crippen molar-refractivity contribution >= 4 is 34.0 Å². The number of amides is 1. The quantitative estimate of drug-likeness (QED) is 0.678. The standard InChI is InChI=1S/C19H22N6OS/c1-12-8-13(2)21-18(20-12)22-15-7-5-6-14(9-15)17(26)24-19-23-16(11-27-19)10-25(3)4/h5-9,11H,10H2,1-4H3,(H,20,21,22)(H,23,24,26). The van der Waals surface area contributed by atoms with E-state index in [0.29, 0.717) is 16.6 Å². The van der Waals surface area contributed by atoms with E-state index >= 15 is 0 Å². The van der Waals surface area contributed by atoms with Crippen molar-refractivity contribution in [2.24, 2.45) is 0 Å². The summed E-state index contributed by atoms with van der Waals surface area (Å²) >= 11 is 1.42. The molecule has 0 aliphatic rings. The van der Waals surface area contributed by atoms with Gasteiger partial charge in [-0.3, -0.25) is 10.1 Å². The zero-order valence-electron chi connectivity index (χ0n) is 15.8. The minimum atomic E-state index is -0.203. The molecule has 1 aromatic carbocycles. The molecule has 0 fully saturated rings. The first-order chi connectivity index (χ1) is 12.9. The van der Waals surface area contributed by atoms with Crippen molar-refractivity contribution in [3.8, 4) is 0 Å². The van der Waals surface area contributed by atoms with Crippen LogP contribution in [0.4, 0.5) is 16.8 Å². The molecule has 140 valence electrons. The van der Waals surface area contributed by atoms with E-state index in [9.17, 15) is 4.79 Å². The average Bonchev–Trinajstić information content (AvgIpc) is 3.00. The molecule has 0 saturated heterocycles. The minimum Gasteiger partial charge on any atom is -0.324 e. The summed E-state index contributed by atoms with van der Waals surface area (Å²) < 4.78 is 0. The number of carbonyl (C=O) groups is 1. The van der Waals surface area contributed by atoms with Crippen molar-refractivity contribution < 1.29 is 4.79 Å². The molecule has 2 aromatic heterocycles. The number of hydrogen-bond acceptors (Lipinski definition) is 7. The van der Waals surface area contributed by atoms with Gasteiger partial charge in [0, 0.05) is 34.6 Å². The Hall–Kier alpha value is -2.84. The first-order valence-electron chi connectivity index (χ1n) is 8.49. The van der Waals surface area contributed by atoms with E-state index in [4.69, 9.17) is 0 Å². The van der Waals surface area contributed by atoms with Crippen molar-refractivity contribution in [2.75, 3.05) is 24.7 Å². The van der Waals surface area contributed by atoms with Crippen LogP contribution in [0.1, 0.15) is 27.4 Å². The Bertz CT molecular complexity index is 933. The number of nitrogens with zero attached hydrogens (tertiary/aromatic N) is 4. The summed E-state index contributed by atoms with van der Waals surface area (Å²) in [6.07, 6.45) is 0. The SMILES string of the molecule is Cc1cc(C)nc(Nc2cccc(C(=O)Nc3nc(CN(C)C)cs3)c2)n1. The number of anilines is 3. The zero-order valence-corrected chi connectivity index (χ0v) is 16.6. The fourth-order valence-corrected chi connectivity index (χ4v) is 3.28. The molecular formula is C19H22N6OS. The molecule has 27 heavy (non-hydrogen) atoms. The van der Waals surface area contributed by atoms with Crippen molar-refractivity contribution in [3.63, 3.8) is 0 Å². The monoisotopic (exact) mass is 382 g/mol. The van der Waals surface area contributed by atoms with Crippen LogP contribution in [0, 0.1) is 13.8 Å². The van der Waals surface area contributed by atoms with Crippen LogP contribution in [-0.4, -0.2) is 39.9 Å². The molecule has 0 saturated carbocycles. The van der Waals surface area contributed by atoms with Crippen LogP contribution in [0.3, 0.4) is 0 Å². The molecule has 1 amide bonds. The molecule has 0 aliphatic carbocycles. The molecule has 8 heteroatoms. The second-order valence-corrected chi connectivity index (χ2v) is 7.37. The number of nitrogens with one attached hydrogen (secondary N) is 2. The predicted octanol–water partition coefficient (Wildman–Crippen LogP) is 3.61. The van der Waals surface area contributed by atoms with Crippen molar-refractivity contribution in [1.29, 1.82) is 0 Å². The summed E-state index contributed by atoms with van der Waals surface area (Å²) in [4.78, 5) is 27.7. The van der Waals surface area contributed by atoms with Crippen LogP contribution >= 0.6 is 11.3 Å². The number of hydrogen-bond donors (Lipinski definition) is 2. The lowest BCUT2D eigenvalue weighted by molar-refractivity contribution is 0.102. The van der Waals surface area contributed by atoms with Gasteiger partial charge >= 0.3 is 0 Å². The third-order valence-corrected chi connectivity index (χ3v) is 4.42. The van der Waals surface area contributed by atoms with Gasteiger partial charge in [-0.05, 0) is 52.2 Å². The molecule has 3 rings (SSSR count). The Kier molecular flexibility index (Phi) is 5.78. The van der Waals surface area contributed by atoms with Gasteiger partial charge in [-0.25, -0.2) is 15.0 Å². The highest BCUT2D eigenvalue weighted by Crippen LogP contribution is 2.19. The topological polar surface area (TPSA) is 83.0 Å². The number of carbonyl (C=O) groups excluding carboxylic acids is 1. The molecule has 0 bridgehead atoms. The van der Waals surface area contributed by atoms with Gasteiger partial charge in [-0.1, -0.05) is 6.07 Å². The molecule has 0 aliphatic heterocycles. The second kappa shape index (κ2) is 8.24. The number of benzene rings is 1. The Balaban J connectivity index is 1.70. The van der Waals surface area contributed by atoms with Crippen LogP contribution in [0.5, 0.6) is 0 Å². The summed E-state index contributed by atoms with van der Waals surface area (Å²) in [7, 11) is 3.96. The predicted molar refractivity (Wildman–Crippen MR) is 109 cm³/mol. The van der Waals surface area contributed by atoms with Crippen LogP contribution in [0.15, 0.2) is 35.7 Å². The van der Waals surface area contributed by atoms with Crippen LogP contribution in [0.2, 0.25) is 0 Å². The number of aromatic nitrogens is 3. The molecule has 7 nitrogen and oxygen atoms in total. The van der Waals surface area contributed by atoms with E-state index in [0.717, 1.165) is 29.3 Å². The highest BCUT2D eigenvalue weighted by Gasteiger charge is 2.11. The normalized spacial score (nSPS) is 10.9. The van der Waals surface area contributed by atoms with Crippen LogP contribution in [0.25, 0.3) is 0 Å². The largest absolute Gasteiger partial charge is 0.324 e. The number of aryl methyl sites for hydroxylation is 2. The molecule has 3 aromatic rings. The van der Waals surface area contributed by atoms with Gasteiger partial charge in [0.2, 0.25) is 5.95 Å². The molecular weight excluding hydrogens is 360 g/mol. The lowest BCUT2D eigenvalue weighted by Crippen LogP contribution is -2.13. The summed E-state index contributed by atoms with van der Waals surface area (Å²) in [6, 6.07) is 9.13. The maximum atomic E-state index is 12.5. The van der Waals surface area contributed by atoms with E-state index in [-0.39, 0.29) is 5.91 Å². The van der Waals surface area contributed by atoms with Gasteiger partial charge < -0.3 is 10.2 Å². The Morgan fingerprint density at radius 3 is 2.56 bits per heavy atom. The maximum absolute atomic E-state index is 12.5. The third kappa shape index (κ3) is 5.32. The first kappa shape index (κ1) is 18.9. The average molecular weight is 382 g/mol.